The molecule has 2 aliphatic rings. The first-order chi connectivity index (χ1) is 12.5. The summed E-state index contributed by atoms with van der Waals surface area (Å²) < 4.78 is 27.1. The van der Waals surface area contributed by atoms with Crippen LogP contribution in [0.25, 0.3) is 0 Å². The van der Waals surface area contributed by atoms with E-state index < -0.39 is 10.0 Å². The van der Waals surface area contributed by atoms with Gasteiger partial charge in [-0.1, -0.05) is 30.5 Å². The fourth-order valence-corrected chi connectivity index (χ4v) is 5.38. The minimum atomic E-state index is -3.42. The first-order valence-corrected chi connectivity index (χ1v) is 11.3. The fourth-order valence-electron chi connectivity index (χ4n) is 3.91. The van der Waals surface area contributed by atoms with Crippen LogP contribution in [0.2, 0.25) is 0 Å². The zero-order valence-corrected chi connectivity index (χ0v) is 16.5. The number of carbonyl (C=O) groups is 1. The largest absolute Gasteiger partial charge is 0.343 e. The maximum Gasteiger partial charge on any atom is 0.243 e. The molecule has 26 heavy (non-hydrogen) atoms. The van der Waals surface area contributed by atoms with E-state index in [1.165, 1.54) is 12.8 Å². The Balaban J connectivity index is 1.53. The quantitative estimate of drug-likeness (QED) is 0.808. The Morgan fingerprint density at radius 2 is 1.54 bits per heavy atom. The highest BCUT2D eigenvalue weighted by Gasteiger charge is 2.30. The van der Waals surface area contributed by atoms with Gasteiger partial charge < -0.3 is 4.90 Å². The van der Waals surface area contributed by atoms with Crippen molar-refractivity contribution in [2.75, 3.05) is 26.2 Å². The molecule has 2 saturated heterocycles. The molecule has 2 aliphatic heterocycles. The molecular formula is C20H30N2O3S. The number of carbonyl (C=O) groups excluding carboxylic acids is 1. The van der Waals surface area contributed by atoms with Gasteiger partial charge >= 0.3 is 0 Å². The second-order valence-electron chi connectivity index (χ2n) is 7.66. The smallest absolute Gasteiger partial charge is 0.243 e. The summed E-state index contributed by atoms with van der Waals surface area (Å²) >= 11 is 0. The van der Waals surface area contributed by atoms with Crippen LogP contribution in [0.1, 0.15) is 50.5 Å². The van der Waals surface area contributed by atoms with Crippen molar-refractivity contribution < 1.29 is 13.2 Å². The highest BCUT2D eigenvalue weighted by Crippen LogP contribution is 2.26. The summed E-state index contributed by atoms with van der Waals surface area (Å²) in [6, 6.07) is 7.03. The van der Waals surface area contributed by atoms with Crippen LogP contribution in [0.15, 0.2) is 29.2 Å². The van der Waals surface area contributed by atoms with Gasteiger partial charge in [0.15, 0.2) is 0 Å². The van der Waals surface area contributed by atoms with Crippen molar-refractivity contribution in [1.29, 1.82) is 0 Å². The van der Waals surface area contributed by atoms with E-state index in [0.29, 0.717) is 30.3 Å². The summed E-state index contributed by atoms with van der Waals surface area (Å²) in [6.45, 7) is 4.74. The lowest BCUT2D eigenvalue weighted by atomic mass is 9.94. The molecule has 0 saturated carbocycles. The minimum absolute atomic E-state index is 0.256. The third-order valence-electron chi connectivity index (χ3n) is 5.65. The number of rotatable bonds is 4. The Morgan fingerprint density at radius 3 is 2.12 bits per heavy atom. The first kappa shape index (κ1) is 19.4. The second kappa shape index (κ2) is 8.53. The van der Waals surface area contributed by atoms with Crippen molar-refractivity contribution in [2.45, 2.75) is 56.8 Å². The third-order valence-corrected chi connectivity index (χ3v) is 7.57. The monoisotopic (exact) mass is 378 g/mol. The molecule has 2 heterocycles. The summed E-state index contributed by atoms with van der Waals surface area (Å²) in [5, 5.41) is 0. The number of piperidine rings is 1. The van der Waals surface area contributed by atoms with Crippen LogP contribution in [0.5, 0.6) is 0 Å². The Bertz CT molecular complexity index is 699. The van der Waals surface area contributed by atoms with Crippen LogP contribution in [0.4, 0.5) is 0 Å². The Labute approximate surface area is 157 Å². The minimum Gasteiger partial charge on any atom is -0.343 e. The van der Waals surface area contributed by atoms with Crippen LogP contribution in [0, 0.1) is 12.8 Å². The van der Waals surface area contributed by atoms with Gasteiger partial charge in [0.2, 0.25) is 15.9 Å². The van der Waals surface area contributed by atoms with Gasteiger partial charge in [-0.05, 0) is 50.7 Å². The van der Waals surface area contributed by atoms with E-state index in [0.717, 1.165) is 44.3 Å². The van der Waals surface area contributed by atoms with Crippen molar-refractivity contribution in [3.63, 3.8) is 0 Å². The van der Waals surface area contributed by atoms with Crippen molar-refractivity contribution in [3.8, 4) is 0 Å². The number of sulfonamides is 1. The molecule has 0 atom stereocenters. The van der Waals surface area contributed by atoms with Crippen LogP contribution in [-0.4, -0.2) is 49.7 Å². The zero-order chi connectivity index (χ0) is 18.6. The third kappa shape index (κ3) is 4.65. The summed E-state index contributed by atoms with van der Waals surface area (Å²) in [5.74, 6) is 0.557. The molecule has 0 bridgehead atoms. The predicted molar refractivity (Wildman–Crippen MR) is 102 cm³/mol. The maximum absolute atomic E-state index is 12.8. The van der Waals surface area contributed by atoms with E-state index >= 15 is 0 Å². The van der Waals surface area contributed by atoms with Gasteiger partial charge in [-0.25, -0.2) is 8.42 Å². The average molecular weight is 379 g/mol. The van der Waals surface area contributed by atoms with Gasteiger partial charge in [0, 0.05) is 32.6 Å². The number of benzene rings is 1. The number of amides is 1. The highest BCUT2D eigenvalue weighted by atomic mass is 32.2. The van der Waals surface area contributed by atoms with E-state index in [1.54, 1.807) is 16.4 Å². The van der Waals surface area contributed by atoms with Crippen molar-refractivity contribution in [1.82, 2.24) is 9.21 Å². The van der Waals surface area contributed by atoms with E-state index in [-0.39, 0.29) is 5.91 Å². The van der Waals surface area contributed by atoms with E-state index in [4.69, 9.17) is 0 Å². The van der Waals surface area contributed by atoms with Crippen molar-refractivity contribution in [3.05, 3.63) is 29.8 Å². The number of aryl methyl sites for hydroxylation is 1. The zero-order valence-electron chi connectivity index (χ0n) is 15.7. The van der Waals surface area contributed by atoms with Crippen LogP contribution in [-0.2, 0) is 14.8 Å². The number of likely N-dealkylation sites (tertiary alicyclic amines) is 1. The number of nitrogens with zero attached hydrogens (tertiary/aromatic N) is 2. The molecule has 0 radical (unpaired) electrons. The lowest BCUT2D eigenvalue weighted by molar-refractivity contribution is -0.132. The standard InChI is InChI=1S/C20H30N2O3S/c1-17-6-8-19(9-7-17)26(24,25)22-14-10-18(11-15-22)16-20(23)21-12-4-2-3-5-13-21/h6-9,18H,2-5,10-16H2,1H3. The second-order valence-corrected chi connectivity index (χ2v) is 9.60. The van der Waals surface area contributed by atoms with Crippen LogP contribution >= 0.6 is 0 Å². The maximum atomic E-state index is 12.8. The molecule has 0 unspecified atom stereocenters. The van der Waals surface area contributed by atoms with E-state index in [9.17, 15) is 13.2 Å². The number of hydrogen-bond donors (Lipinski definition) is 0. The summed E-state index contributed by atoms with van der Waals surface area (Å²) in [6.07, 6.45) is 6.77. The molecule has 1 amide bonds. The molecule has 6 heteroatoms. The van der Waals surface area contributed by atoms with Crippen molar-refractivity contribution >= 4 is 15.9 Å². The van der Waals surface area contributed by atoms with Gasteiger partial charge in [-0.2, -0.15) is 4.31 Å². The molecule has 3 rings (SSSR count). The van der Waals surface area contributed by atoms with Crippen LogP contribution < -0.4 is 0 Å². The first-order valence-electron chi connectivity index (χ1n) is 9.81. The molecule has 144 valence electrons. The molecule has 1 aromatic rings. The van der Waals surface area contributed by atoms with Crippen LogP contribution in [0.3, 0.4) is 0 Å². The summed E-state index contributed by atoms with van der Waals surface area (Å²) in [5.41, 5.74) is 1.05. The Morgan fingerprint density at radius 1 is 0.962 bits per heavy atom. The van der Waals surface area contributed by atoms with Gasteiger partial charge in [0.25, 0.3) is 0 Å². The molecule has 0 aromatic heterocycles. The molecule has 0 spiro atoms. The summed E-state index contributed by atoms with van der Waals surface area (Å²) in [7, 11) is -3.42. The van der Waals surface area contributed by atoms with E-state index in [2.05, 4.69) is 0 Å². The van der Waals surface area contributed by atoms with Gasteiger partial charge in [0.05, 0.1) is 4.90 Å². The van der Waals surface area contributed by atoms with Gasteiger partial charge in [-0.15, -0.1) is 0 Å². The fraction of sp³-hybridized carbons (Fsp3) is 0.650. The van der Waals surface area contributed by atoms with Gasteiger partial charge in [0.1, 0.15) is 0 Å². The van der Waals surface area contributed by atoms with Gasteiger partial charge in [-0.3, -0.25) is 4.79 Å². The SMILES string of the molecule is Cc1ccc(S(=O)(=O)N2CCC(CC(=O)N3CCCCCC3)CC2)cc1. The average Bonchev–Trinajstić information content (AvgIpc) is 2.92. The lowest BCUT2D eigenvalue weighted by Crippen LogP contribution is -2.40. The lowest BCUT2D eigenvalue weighted by Gasteiger charge is -2.32. The number of hydrogen-bond acceptors (Lipinski definition) is 3. The highest BCUT2D eigenvalue weighted by molar-refractivity contribution is 7.89. The molecular weight excluding hydrogens is 348 g/mol. The normalized spacial score (nSPS) is 20.7. The molecule has 0 N–H and O–H groups in total. The Kier molecular flexibility index (Phi) is 6.35. The topological polar surface area (TPSA) is 57.7 Å². The Hall–Kier alpha value is -1.40. The van der Waals surface area contributed by atoms with E-state index in [1.807, 2.05) is 24.0 Å². The molecule has 5 nitrogen and oxygen atoms in total. The molecule has 1 aromatic carbocycles. The summed E-state index contributed by atoms with van der Waals surface area (Å²) in [4.78, 5) is 14.9. The molecule has 2 fully saturated rings. The molecule has 0 aliphatic carbocycles. The predicted octanol–water partition coefficient (Wildman–Crippen LogP) is 3.19. The van der Waals surface area contributed by atoms with Crippen molar-refractivity contribution in [2.24, 2.45) is 5.92 Å².